The second-order valence-electron chi connectivity index (χ2n) is 3.68. The highest BCUT2D eigenvalue weighted by Gasteiger charge is 2.11. The minimum atomic E-state index is -0.636. The molecule has 1 heterocycles. The van der Waals surface area contributed by atoms with Crippen LogP contribution in [0.5, 0.6) is 0 Å². The van der Waals surface area contributed by atoms with Crippen molar-refractivity contribution in [2.75, 3.05) is 5.73 Å². The predicted molar refractivity (Wildman–Crippen MR) is 60.4 cm³/mol. The third-order valence-electron chi connectivity index (χ3n) is 2.42. The molecule has 2 aromatic rings. The fourth-order valence-electron chi connectivity index (χ4n) is 1.52. The summed E-state index contributed by atoms with van der Waals surface area (Å²) in [5, 5.41) is 10.0. The number of hydrogen-bond acceptors (Lipinski definition) is 2. The van der Waals surface area contributed by atoms with Gasteiger partial charge in [0.25, 0.3) is 0 Å². The molecule has 0 radical (unpaired) electrons. The molecule has 0 saturated carbocycles. The molecule has 0 aliphatic carbocycles. The number of aromatic amines is 1. The maximum absolute atomic E-state index is 10.0. The molecular weight excluding hydrogens is 188 g/mol. The molecule has 0 aliphatic rings. The van der Waals surface area contributed by atoms with Gasteiger partial charge in [-0.1, -0.05) is 29.8 Å². The van der Waals surface area contributed by atoms with Crippen LogP contribution >= 0.6 is 0 Å². The third-order valence-corrected chi connectivity index (χ3v) is 2.42. The van der Waals surface area contributed by atoms with Crippen molar-refractivity contribution >= 4 is 5.82 Å². The van der Waals surface area contributed by atoms with E-state index in [1.807, 2.05) is 31.2 Å². The Morgan fingerprint density at radius 2 is 1.80 bits per heavy atom. The monoisotopic (exact) mass is 202 g/mol. The molecule has 15 heavy (non-hydrogen) atoms. The Bertz CT molecular complexity index is 445. The highest BCUT2D eigenvalue weighted by atomic mass is 16.3. The van der Waals surface area contributed by atoms with Crippen molar-refractivity contribution in [3.05, 3.63) is 53.2 Å². The van der Waals surface area contributed by atoms with E-state index in [-0.39, 0.29) is 0 Å². The second kappa shape index (κ2) is 3.79. The Morgan fingerprint density at radius 1 is 1.13 bits per heavy atom. The van der Waals surface area contributed by atoms with E-state index in [9.17, 15) is 5.11 Å². The topological polar surface area (TPSA) is 62.0 Å². The SMILES string of the molecule is Cc1ccc(C(O)c2ccc(N)[nH]2)cc1. The van der Waals surface area contributed by atoms with Crippen LogP contribution < -0.4 is 5.73 Å². The lowest BCUT2D eigenvalue weighted by Gasteiger charge is -2.09. The summed E-state index contributed by atoms with van der Waals surface area (Å²) in [6, 6.07) is 11.3. The minimum Gasteiger partial charge on any atom is -0.385 e. The lowest BCUT2D eigenvalue weighted by Crippen LogP contribution is -2.00. The number of nitrogen functional groups attached to an aromatic ring is 1. The molecule has 1 aromatic carbocycles. The van der Waals surface area contributed by atoms with E-state index in [1.165, 1.54) is 5.56 Å². The predicted octanol–water partition coefficient (Wildman–Crippen LogP) is 1.99. The van der Waals surface area contributed by atoms with Gasteiger partial charge in [-0.25, -0.2) is 0 Å². The van der Waals surface area contributed by atoms with Gasteiger partial charge in [0.05, 0.1) is 5.69 Å². The zero-order valence-electron chi connectivity index (χ0n) is 8.57. The summed E-state index contributed by atoms with van der Waals surface area (Å²) in [6.45, 7) is 2.02. The van der Waals surface area contributed by atoms with Crippen molar-refractivity contribution in [1.82, 2.24) is 4.98 Å². The minimum absolute atomic E-state index is 0.566. The van der Waals surface area contributed by atoms with Gasteiger partial charge in [-0.05, 0) is 24.6 Å². The number of hydrogen-bond donors (Lipinski definition) is 3. The molecule has 3 heteroatoms. The number of nitrogens with two attached hydrogens (primary N) is 1. The summed E-state index contributed by atoms with van der Waals surface area (Å²) in [7, 11) is 0. The fraction of sp³-hybridized carbons (Fsp3) is 0.167. The van der Waals surface area contributed by atoms with Gasteiger partial charge in [-0.15, -0.1) is 0 Å². The van der Waals surface area contributed by atoms with Gasteiger partial charge in [0.2, 0.25) is 0 Å². The number of anilines is 1. The molecular formula is C12H14N2O. The van der Waals surface area contributed by atoms with Crippen LogP contribution in [0.25, 0.3) is 0 Å². The number of benzene rings is 1. The fourth-order valence-corrected chi connectivity index (χ4v) is 1.52. The van der Waals surface area contributed by atoms with Crippen LogP contribution in [-0.2, 0) is 0 Å². The Balaban J connectivity index is 2.28. The zero-order valence-corrected chi connectivity index (χ0v) is 8.57. The first-order valence-electron chi connectivity index (χ1n) is 4.86. The number of aliphatic hydroxyl groups is 1. The summed E-state index contributed by atoms with van der Waals surface area (Å²) in [5.41, 5.74) is 8.31. The van der Waals surface area contributed by atoms with Gasteiger partial charge < -0.3 is 15.8 Å². The molecule has 0 bridgehead atoms. The Labute approximate surface area is 88.6 Å². The van der Waals surface area contributed by atoms with Gasteiger partial charge in [0.1, 0.15) is 11.9 Å². The molecule has 0 spiro atoms. The first-order chi connectivity index (χ1) is 7.16. The van der Waals surface area contributed by atoms with Gasteiger partial charge in [-0.2, -0.15) is 0 Å². The van der Waals surface area contributed by atoms with E-state index >= 15 is 0 Å². The highest BCUT2D eigenvalue weighted by molar-refractivity contribution is 5.36. The normalized spacial score (nSPS) is 12.7. The number of aromatic nitrogens is 1. The van der Waals surface area contributed by atoms with Crippen molar-refractivity contribution in [3.8, 4) is 0 Å². The summed E-state index contributed by atoms with van der Waals surface area (Å²) >= 11 is 0. The quantitative estimate of drug-likeness (QED) is 0.697. The first-order valence-corrected chi connectivity index (χ1v) is 4.86. The zero-order chi connectivity index (χ0) is 10.8. The Morgan fingerprint density at radius 3 is 2.33 bits per heavy atom. The maximum atomic E-state index is 10.0. The Kier molecular flexibility index (Phi) is 2.47. The first kappa shape index (κ1) is 9.80. The summed E-state index contributed by atoms with van der Waals surface area (Å²) in [6.07, 6.45) is -0.636. The Hall–Kier alpha value is -1.74. The molecule has 0 amide bonds. The van der Waals surface area contributed by atoms with Gasteiger partial charge >= 0.3 is 0 Å². The van der Waals surface area contributed by atoms with E-state index in [1.54, 1.807) is 12.1 Å². The number of rotatable bonds is 2. The average Bonchev–Trinajstić information content (AvgIpc) is 2.65. The van der Waals surface area contributed by atoms with Crippen molar-refractivity contribution in [2.24, 2.45) is 0 Å². The highest BCUT2D eigenvalue weighted by Crippen LogP contribution is 2.21. The van der Waals surface area contributed by atoms with Crippen LogP contribution in [-0.4, -0.2) is 10.1 Å². The van der Waals surface area contributed by atoms with Gasteiger partial charge in [0.15, 0.2) is 0 Å². The number of aliphatic hydroxyl groups excluding tert-OH is 1. The van der Waals surface area contributed by atoms with Crippen LogP contribution in [0.2, 0.25) is 0 Å². The average molecular weight is 202 g/mol. The molecule has 1 atom stereocenters. The molecule has 1 aromatic heterocycles. The van der Waals surface area contributed by atoms with Crippen LogP contribution in [0.3, 0.4) is 0 Å². The molecule has 0 fully saturated rings. The number of H-pyrrole nitrogens is 1. The molecule has 4 N–H and O–H groups in total. The summed E-state index contributed by atoms with van der Waals surface area (Å²) in [5.74, 6) is 0.566. The summed E-state index contributed by atoms with van der Waals surface area (Å²) in [4.78, 5) is 2.92. The summed E-state index contributed by atoms with van der Waals surface area (Å²) < 4.78 is 0. The lowest BCUT2D eigenvalue weighted by molar-refractivity contribution is 0.216. The molecule has 78 valence electrons. The van der Waals surface area contributed by atoms with Gasteiger partial charge in [0, 0.05) is 0 Å². The van der Waals surface area contributed by atoms with E-state index in [0.717, 1.165) is 11.3 Å². The standard InChI is InChI=1S/C12H14N2O/c1-8-2-4-9(5-3-8)12(15)10-6-7-11(13)14-10/h2-7,12,14-15H,13H2,1H3. The molecule has 2 rings (SSSR count). The van der Waals surface area contributed by atoms with Crippen molar-refractivity contribution in [1.29, 1.82) is 0 Å². The number of nitrogens with one attached hydrogen (secondary N) is 1. The van der Waals surface area contributed by atoms with Crippen molar-refractivity contribution in [3.63, 3.8) is 0 Å². The van der Waals surface area contributed by atoms with E-state index < -0.39 is 6.10 Å². The smallest absolute Gasteiger partial charge is 0.119 e. The van der Waals surface area contributed by atoms with Crippen molar-refractivity contribution < 1.29 is 5.11 Å². The van der Waals surface area contributed by atoms with Crippen LogP contribution in [0.15, 0.2) is 36.4 Å². The third kappa shape index (κ3) is 2.02. The number of aryl methyl sites for hydroxylation is 1. The van der Waals surface area contributed by atoms with E-state index in [2.05, 4.69) is 4.98 Å². The van der Waals surface area contributed by atoms with Crippen LogP contribution in [0.1, 0.15) is 22.9 Å². The molecule has 1 unspecified atom stereocenters. The lowest BCUT2D eigenvalue weighted by atomic mass is 10.1. The van der Waals surface area contributed by atoms with Crippen molar-refractivity contribution in [2.45, 2.75) is 13.0 Å². The molecule has 0 aliphatic heterocycles. The maximum Gasteiger partial charge on any atom is 0.119 e. The van der Waals surface area contributed by atoms with Crippen LogP contribution in [0.4, 0.5) is 5.82 Å². The van der Waals surface area contributed by atoms with E-state index in [0.29, 0.717) is 5.82 Å². The molecule has 3 nitrogen and oxygen atoms in total. The molecule has 0 saturated heterocycles. The van der Waals surface area contributed by atoms with Gasteiger partial charge in [-0.3, -0.25) is 0 Å². The van der Waals surface area contributed by atoms with E-state index in [4.69, 9.17) is 5.73 Å². The van der Waals surface area contributed by atoms with Crippen LogP contribution in [0, 0.1) is 6.92 Å². The largest absolute Gasteiger partial charge is 0.385 e. The second-order valence-corrected chi connectivity index (χ2v) is 3.68.